The molecule has 2 rings (SSSR count). The lowest BCUT2D eigenvalue weighted by molar-refractivity contribution is -0.140. The smallest absolute Gasteiger partial charge is 0.305 e. The minimum Gasteiger partial charge on any atom is -0.507 e. The largest absolute Gasteiger partial charge is 0.507 e. The van der Waals surface area contributed by atoms with Crippen molar-refractivity contribution in [2.24, 2.45) is 0 Å². The first-order valence-electron chi connectivity index (χ1n) is 6.01. The lowest BCUT2D eigenvalue weighted by Gasteiger charge is -1.97. The molecule has 0 bridgehead atoms. The molecule has 0 radical (unpaired) electrons. The average molecular weight is 261 g/mol. The van der Waals surface area contributed by atoms with E-state index in [4.69, 9.17) is 4.52 Å². The number of phenols is 1. The summed E-state index contributed by atoms with van der Waals surface area (Å²) in [6.45, 7) is 0. The van der Waals surface area contributed by atoms with E-state index in [0.29, 0.717) is 30.6 Å². The van der Waals surface area contributed by atoms with Gasteiger partial charge in [0.2, 0.25) is 0 Å². The number of ether oxygens (including phenoxy) is 1. The molecule has 0 unspecified atom stereocenters. The molecule has 19 heavy (non-hydrogen) atoms. The van der Waals surface area contributed by atoms with Crippen LogP contribution in [0.2, 0.25) is 0 Å². The normalized spacial score (nSPS) is 10.4. The van der Waals surface area contributed by atoms with Gasteiger partial charge in [-0.05, 0) is 25.0 Å². The van der Waals surface area contributed by atoms with Crippen LogP contribution in [0.3, 0.4) is 0 Å². The summed E-state index contributed by atoms with van der Waals surface area (Å²) in [4.78, 5) is 11.0. The third kappa shape index (κ3) is 3.34. The van der Waals surface area contributed by atoms with Gasteiger partial charge in [-0.25, -0.2) is 0 Å². The Balaban J connectivity index is 2.00. The van der Waals surface area contributed by atoms with Gasteiger partial charge in [-0.2, -0.15) is 0 Å². The number of aromatic nitrogens is 1. The van der Waals surface area contributed by atoms with Gasteiger partial charge in [0.1, 0.15) is 5.75 Å². The Kier molecular flexibility index (Phi) is 4.18. The van der Waals surface area contributed by atoms with Gasteiger partial charge in [-0.3, -0.25) is 4.79 Å². The van der Waals surface area contributed by atoms with Crippen molar-refractivity contribution in [3.63, 3.8) is 0 Å². The van der Waals surface area contributed by atoms with Gasteiger partial charge in [0, 0.05) is 12.5 Å². The second-order valence-corrected chi connectivity index (χ2v) is 4.13. The molecule has 1 N–H and O–H groups in total. The van der Waals surface area contributed by atoms with Gasteiger partial charge in [0.05, 0.1) is 18.4 Å². The molecule has 0 aliphatic rings. The van der Waals surface area contributed by atoms with E-state index in [1.165, 1.54) is 7.11 Å². The standard InChI is InChI=1S/C14H15NO4/c1-18-14(17)8-4-5-10-9-13(19-15-10)11-6-2-3-7-12(11)16/h2-3,6-7,9,16H,4-5,8H2,1H3. The third-order valence-corrected chi connectivity index (χ3v) is 2.77. The highest BCUT2D eigenvalue weighted by molar-refractivity contribution is 5.69. The summed E-state index contributed by atoms with van der Waals surface area (Å²) < 4.78 is 9.75. The zero-order valence-corrected chi connectivity index (χ0v) is 10.6. The summed E-state index contributed by atoms with van der Waals surface area (Å²) in [6, 6.07) is 8.68. The maximum Gasteiger partial charge on any atom is 0.305 e. The molecule has 0 saturated heterocycles. The summed E-state index contributed by atoms with van der Waals surface area (Å²) in [6.07, 6.45) is 1.64. The van der Waals surface area contributed by atoms with Crippen molar-refractivity contribution in [3.8, 4) is 17.1 Å². The molecule has 0 aliphatic carbocycles. The highest BCUT2D eigenvalue weighted by atomic mass is 16.5. The van der Waals surface area contributed by atoms with Crippen LogP contribution in [-0.2, 0) is 16.0 Å². The predicted molar refractivity (Wildman–Crippen MR) is 68.6 cm³/mol. The van der Waals surface area contributed by atoms with Gasteiger partial charge < -0.3 is 14.4 Å². The van der Waals surface area contributed by atoms with Crippen LogP contribution in [0.5, 0.6) is 5.75 Å². The van der Waals surface area contributed by atoms with Crippen LogP contribution in [0, 0.1) is 0 Å². The van der Waals surface area contributed by atoms with Crippen molar-refractivity contribution >= 4 is 5.97 Å². The number of hydrogen-bond donors (Lipinski definition) is 1. The van der Waals surface area contributed by atoms with E-state index in [0.717, 1.165) is 5.69 Å². The molecule has 1 aromatic heterocycles. The van der Waals surface area contributed by atoms with E-state index >= 15 is 0 Å². The molecule has 0 spiro atoms. The van der Waals surface area contributed by atoms with Gasteiger partial charge in [-0.1, -0.05) is 17.3 Å². The Morgan fingerprint density at radius 1 is 1.42 bits per heavy atom. The van der Waals surface area contributed by atoms with Gasteiger partial charge >= 0.3 is 5.97 Å². The summed E-state index contributed by atoms with van der Waals surface area (Å²) in [5, 5.41) is 13.6. The number of aryl methyl sites for hydroxylation is 1. The molecule has 0 aliphatic heterocycles. The van der Waals surface area contributed by atoms with Crippen LogP contribution in [0.4, 0.5) is 0 Å². The second kappa shape index (κ2) is 6.04. The first-order valence-corrected chi connectivity index (χ1v) is 6.01. The number of aromatic hydroxyl groups is 1. The van der Waals surface area contributed by atoms with Crippen molar-refractivity contribution in [2.45, 2.75) is 19.3 Å². The number of esters is 1. The number of benzene rings is 1. The fourth-order valence-corrected chi connectivity index (χ4v) is 1.75. The zero-order valence-electron chi connectivity index (χ0n) is 10.6. The molecular formula is C14H15NO4. The number of para-hydroxylation sites is 1. The summed E-state index contributed by atoms with van der Waals surface area (Å²) in [5.74, 6) is 0.440. The van der Waals surface area contributed by atoms with E-state index in [9.17, 15) is 9.90 Å². The van der Waals surface area contributed by atoms with Crippen LogP contribution in [0.15, 0.2) is 34.9 Å². The quantitative estimate of drug-likeness (QED) is 0.837. The monoisotopic (exact) mass is 261 g/mol. The van der Waals surface area contributed by atoms with Crippen molar-refractivity contribution in [1.29, 1.82) is 0 Å². The van der Waals surface area contributed by atoms with E-state index in [1.54, 1.807) is 24.3 Å². The third-order valence-electron chi connectivity index (χ3n) is 2.77. The molecule has 5 heteroatoms. The average Bonchev–Trinajstić information content (AvgIpc) is 2.87. The van der Waals surface area contributed by atoms with Crippen LogP contribution >= 0.6 is 0 Å². The van der Waals surface area contributed by atoms with Crippen molar-refractivity contribution < 1.29 is 19.2 Å². The number of methoxy groups -OCH3 is 1. The Hall–Kier alpha value is -2.30. The van der Waals surface area contributed by atoms with E-state index in [-0.39, 0.29) is 11.7 Å². The fraction of sp³-hybridized carbons (Fsp3) is 0.286. The summed E-state index contributed by atoms with van der Waals surface area (Å²) in [7, 11) is 1.37. The lowest BCUT2D eigenvalue weighted by Crippen LogP contribution is -2.00. The van der Waals surface area contributed by atoms with Crippen LogP contribution in [0.1, 0.15) is 18.5 Å². The first kappa shape index (κ1) is 13.1. The number of hydrogen-bond acceptors (Lipinski definition) is 5. The summed E-state index contributed by atoms with van der Waals surface area (Å²) in [5.41, 5.74) is 1.36. The van der Waals surface area contributed by atoms with E-state index in [2.05, 4.69) is 9.89 Å². The van der Waals surface area contributed by atoms with E-state index in [1.807, 2.05) is 6.07 Å². The minimum atomic E-state index is -0.232. The SMILES string of the molecule is COC(=O)CCCc1cc(-c2ccccc2O)on1. The van der Waals surface area contributed by atoms with Crippen molar-refractivity contribution in [3.05, 3.63) is 36.0 Å². The zero-order chi connectivity index (χ0) is 13.7. The fourth-order valence-electron chi connectivity index (χ4n) is 1.75. The van der Waals surface area contributed by atoms with Crippen molar-refractivity contribution in [1.82, 2.24) is 5.16 Å². The van der Waals surface area contributed by atoms with Crippen LogP contribution in [0.25, 0.3) is 11.3 Å². The van der Waals surface area contributed by atoms with Gasteiger partial charge in [0.25, 0.3) is 0 Å². The van der Waals surface area contributed by atoms with E-state index < -0.39 is 0 Å². The van der Waals surface area contributed by atoms with Crippen molar-refractivity contribution in [2.75, 3.05) is 7.11 Å². The molecule has 0 fully saturated rings. The molecule has 0 atom stereocenters. The molecule has 0 amide bonds. The number of nitrogens with zero attached hydrogens (tertiary/aromatic N) is 1. The maximum atomic E-state index is 11.0. The lowest BCUT2D eigenvalue weighted by atomic mass is 10.1. The Morgan fingerprint density at radius 3 is 2.95 bits per heavy atom. The molecule has 5 nitrogen and oxygen atoms in total. The van der Waals surface area contributed by atoms with Gasteiger partial charge in [0.15, 0.2) is 5.76 Å². The molecule has 1 aromatic carbocycles. The maximum absolute atomic E-state index is 11.0. The van der Waals surface area contributed by atoms with Crippen LogP contribution < -0.4 is 0 Å². The topological polar surface area (TPSA) is 72.6 Å². The molecule has 100 valence electrons. The molecule has 1 heterocycles. The van der Waals surface area contributed by atoms with Crippen LogP contribution in [-0.4, -0.2) is 23.3 Å². The number of rotatable bonds is 5. The molecule has 2 aromatic rings. The summed E-state index contributed by atoms with van der Waals surface area (Å²) >= 11 is 0. The Labute approximate surface area is 110 Å². The highest BCUT2D eigenvalue weighted by Gasteiger charge is 2.10. The number of carbonyl (C=O) groups excluding carboxylic acids is 1. The number of carbonyl (C=O) groups is 1. The van der Waals surface area contributed by atoms with Gasteiger partial charge in [-0.15, -0.1) is 0 Å². The minimum absolute atomic E-state index is 0.153. The molecular weight excluding hydrogens is 246 g/mol. The Morgan fingerprint density at radius 2 is 2.21 bits per heavy atom. The Bertz CT molecular complexity index is 562. The predicted octanol–water partition coefficient (Wildman–Crippen LogP) is 2.54. The molecule has 0 saturated carbocycles. The highest BCUT2D eigenvalue weighted by Crippen LogP contribution is 2.29. The first-order chi connectivity index (χ1) is 9.20. The number of phenolic OH excluding ortho intramolecular Hbond substituents is 1. The second-order valence-electron chi connectivity index (χ2n) is 4.13.